The Bertz CT molecular complexity index is 354. The van der Waals surface area contributed by atoms with E-state index in [-0.39, 0.29) is 0 Å². The molecule has 0 aliphatic carbocycles. The number of nitrogens with zero attached hydrogens (tertiary/aromatic N) is 1. The standard InChI is InChI=1S/C9H14BrN3S3/c1-6-8(10)7(16-13-6)5-15-4-3-12-9(14)11-2/h3-5H2,1-2H3,(H2,11,12,14). The first-order valence-electron chi connectivity index (χ1n) is 4.79. The Balaban J connectivity index is 2.16. The van der Waals surface area contributed by atoms with Crippen molar-refractivity contribution in [3.8, 4) is 0 Å². The van der Waals surface area contributed by atoms with Crippen LogP contribution in [0.2, 0.25) is 0 Å². The lowest BCUT2D eigenvalue weighted by molar-refractivity contribution is 0.943. The van der Waals surface area contributed by atoms with Gasteiger partial charge in [-0.3, -0.25) is 0 Å². The molecule has 0 aliphatic rings. The molecule has 1 rings (SSSR count). The average molecular weight is 340 g/mol. The Labute approximate surface area is 118 Å². The second-order valence-corrected chi connectivity index (χ2v) is 6.23. The lowest BCUT2D eigenvalue weighted by Crippen LogP contribution is -2.33. The van der Waals surface area contributed by atoms with Crippen molar-refractivity contribution < 1.29 is 0 Å². The minimum absolute atomic E-state index is 0.704. The van der Waals surface area contributed by atoms with Crippen LogP contribution in [0, 0.1) is 6.92 Å². The maximum atomic E-state index is 4.98. The van der Waals surface area contributed by atoms with Crippen LogP contribution in [-0.2, 0) is 5.75 Å². The Morgan fingerprint density at radius 1 is 1.62 bits per heavy atom. The number of hydrogen-bond donors (Lipinski definition) is 2. The van der Waals surface area contributed by atoms with Crippen LogP contribution in [0.1, 0.15) is 10.6 Å². The molecule has 7 heteroatoms. The van der Waals surface area contributed by atoms with Crippen LogP contribution in [0.25, 0.3) is 0 Å². The molecule has 0 bridgehead atoms. The molecule has 0 saturated heterocycles. The van der Waals surface area contributed by atoms with E-state index in [9.17, 15) is 0 Å². The van der Waals surface area contributed by atoms with Gasteiger partial charge in [0.1, 0.15) is 0 Å². The molecule has 0 radical (unpaired) electrons. The van der Waals surface area contributed by atoms with Crippen LogP contribution in [-0.4, -0.2) is 28.8 Å². The number of thioether (sulfide) groups is 1. The molecule has 2 N–H and O–H groups in total. The molecule has 1 aromatic heterocycles. The fraction of sp³-hybridized carbons (Fsp3) is 0.556. The van der Waals surface area contributed by atoms with Crippen molar-refractivity contribution in [2.24, 2.45) is 0 Å². The largest absolute Gasteiger partial charge is 0.366 e. The third-order valence-corrected chi connectivity index (χ3v) is 5.61. The molecule has 0 aromatic carbocycles. The number of halogens is 1. The van der Waals surface area contributed by atoms with E-state index in [1.165, 1.54) is 4.88 Å². The Morgan fingerprint density at radius 3 is 2.94 bits per heavy atom. The second kappa shape index (κ2) is 7.47. The fourth-order valence-electron chi connectivity index (χ4n) is 0.985. The van der Waals surface area contributed by atoms with Crippen molar-refractivity contribution in [3.63, 3.8) is 0 Å². The highest BCUT2D eigenvalue weighted by atomic mass is 79.9. The lowest BCUT2D eigenvalue weighted by Gasteiger charge is -2.05. The van der Waals surface area contributed by atoms with Gasteiger partial charge in [-0.05, 0) is 46.6 Å². The highest BCUT2D eigenvalue weighted by Crippen LogP contribution is 2.27. The van der Waals surface area contributed by atoms with E-state index in [2.05, 4.69) is 30.9 Å². The third kappa shape index (κ3) is 4.57. The maximum Gasteiger partial charge on any atom is 0.166 e. The summed E-state index contributed by atoms with van der Waals surface area (Å²) in [7, 11) is 1.82. The summed E-state index contributed by atoms with van der Waals surface area (Å²) >= 11 is 12.0. The van der Waals surface area contributed by atoms with Crippen molar-refractivity contribution in [2.45, 2.75) is 12.7 Å². The summed E-state index contributed by atoms with van der Waals surface area (Å²) in [6.45, 7) is 2.90. The highest BCUT2D eigenvalue weighted by molar-refractivity contribution is 9.10. The van der Waals surface area contributed by atoms with E-state index < -0.39 is 0 Å². The number of nitrogens with one attached hydrogen (secondary N) is 2. The van der Waals surface area contributed by atoms with E-state index in [0.29, 0.717) is 5.11 Å². The molecule has 90 valence electrons. The smallest absolute Gasteiger partial charge is 0.166 e. The summed E-state index contributed by atoms with van der Waals surface area (Å²) in [5.74, 6) is 2.03. The Kier molecular flexibility index (Phi) is 6.64. The van der Waals surface area contributed by atoms with E-state index in [4.69, 9.17) is 12.2 Å². The van der Waals surface area contributed by atoms with E-state index in [0.717, 1.165) is 28.2 Å². The quantitative estimate of drug-likeness (QED) is 0.636. The third-order valence-electron chi connectivity index (χ3n) is 1.85. The second-order valence-electron chi connectivity index (χ2n) is 3.06. The van der Waals surface area contributed by atoms with Gasteiger partial charge in [0.05, 0.1) is 10.2 Å². The first-order chi connectivity index (χ1) is 7.65. The van der Waals surface area contributed by atoms with E-state index in [1.807, 2.05) is 25.7 Å². The number of rotatable bonds is 5. The Hall–Kier alpha value is 0.150. The Morgan fingerprint density at radius 2 is 2.38 bits per heavy atom. The van der Waals surface area contributed by atoms with Crippen molar-refractivity contribution in [1.82, 2.24) is 15.0 Å². The van der Waals surface area contributed by atoms with Gasteiger partial charge in [0.25, 0.3) is 0 Å². The summed E-state index contributed by atoms with van der Waals surface area (Å²) in [6.07, 6.45) is 0. The van der Waals surface area contributed by atoms with Crippen LogP contribution >= 0.6 is 51.4 Å². The van der Waals surface area contributed by atoms with Crippen molar-refractivity contribution in [1.29, 1.82) is 0 Å². The summed E-state index contributed by atoms with van der Waals surface area (Å²) in [6, 6.07) is 0. The van der Waals surface area contributed by atoms with Crippen molar-refractivity contribution in [2.75, 3.05) is 19.3 Å². The molecule has 0 spiro atoms. The molecule has 0 unspecified atom stereocenters. The molecular weight excluding hydrogens is 326 g/mol. The molecule has 0 saturated carbocycles. The van der Waals surface area contributed by atoms with Gasteiger partial charge in [-0.15, -0.1) is 0 Å². The number of hydrogen-bond acceptors (Lipinski definition) is 4. The van der Waals surface area contributed by atoms with Gasteiger partial charge in [0, 0.05) is 30.0 Å². The molecule has 16 heavy (non-hydrogen) atoms. The normalized spacial score (nSPS) is 10.2. The fourth-order valence-corrected chi connectivity index (χ4v) is 3.58. The molecular formula is C9H14BrN3S3. The van der Waals surface area contributed by atoms with Crippen molar-refractivity contribution in [3.05, 3.63) is 15.0 Å². The van der Waals surface area contributed by atoms with Gasteiger partial charge >= 0.3 is 0 Å². The number of thiocarbonyl (C=S) groups is 1. The van der Waals surface area contributed by atoms with Gasteiger partial charge in [0.15, 0.2) is 5.11 Å². The van der Waals surface area contributed by atoms with Gasteiger partial charge in [-0.25, -0.2) is 0 Å². The molecule has 1 heterocycles. The van der Waals surface area contributed by atoms with Crippen LogP contribution in [0.4, 0.5) is 0 Å². The predicted molar refractivity (Wildman–Crippen MR) is 80.4 cm³/mol. The minimum Gasteiger partial charge on any atom is -0.366 e. The average Bonchev–Trinajstić information content (AvgIpc) is 2.60. The molecule has 1 aromatic rings. The van der Waals surface area contributed by atoms with Crippen LogP contribution in [0.15, 0.2) is 4.47 Å². The van der Waals surface area contributed by atoms with Crippen LogP contribution in [0.5, 0.6) is 0 Å². The van der Waals surface area contributed by atoms with Gasteiger partial charge in [-0.2, -0.15) is 16.1 Å². The number of aromatic nitrogens is 1. The lowest BCUT2D eigenvalue weighted by atomic mass is 10.4. The van der Waals surface area contributed by atoms with Crippen molar-refractivity contribution >= 4 is 56.6 Å². The topological polar surface area (TPSA) is 37.0 Å². The summed E-state index contributed by atoms with van der Waals surface area (Å²) < 4.78 is 5.45. The first-order valence-corrected chi connectivity index (χ1v) is 7.92. The van der Waals surface area contributed by atoms with E-state index in [1.54, 1.807) is 11.5 Å². The maximum absolute atomic E-state index is 4.98. The first kappa shape index (κ1) is 14.2. The zero-order valence-electron chi connectivity index (χ0n) is 9.17. The van der Waals surface area contributed by atoms with Crippen LogP contribution in [0.3, 0.4) is 0 Å². The summed E-state index contributed by atoms with van der Waals surface area (Å²) in [4.78, 5) is 1.30. The van der Waals surface area contributed by atoms with Crippen LogP contribution < -0.4 is 10.6 Å². The monoisotopic (exact) mass is 339 g/mol. The van der Waals surface area contributed by atoms with Gasteiger partial charge in [0.2, 0.25) is 0 Å². The summed E-state index contributed by atoms with van der Waals surface area (Å²) in [5.41, 5.74) is 1.08. The number of aryl methyl sites for hydroxylation is 1. The highest BCUT2D eigenvalue weighted by Gasteiger charge is 2.06. The molecule has 3 nitrogen and oxygen atoms in total. The van der Waals surface area contributed by atoms with Gasteiger partial charge in [-0.1, -0.05) is 0 Å². The zero-order valence-corrected chi connectivity index (χ0v) is 13.2. The zero-order chi connectivity index (χ0) is 12.0. The van der Waals surface area contributed by atoms with Gasteiger partial charge < -0.3 is 10.6 Å². The molecule has 0 amide bonds. The summed E-state index contributed by atoms with van der Waals surface area (Å²) in [5, 5.41) is 6.70. The minimum atomic E-state index is 0.704. The SMILES string of the molecule is CNC(=S)NCCSCc1snc(C)c1Br. The predicted octanol–water partition coefficient (Wildman–Crippen LogP) is 2.54. The molecule has 0 atom stereocenters. The molecule has 0 aliphatic heterocycles. The molecule has 0 fully saturated rings. The van der Waals surface area contributed by atoms with E-state index >= 15 is 0 Å².